The summed E-state index contributed by atoms with van der Waals surface area (Å²) in [5, 5.41) is 3.10. The molecule has 0 radical (unpaired) electrons. The fourth-order valence-corrected chi connectivity index (χ4v) is 4.73. The first-order chi connectivity index (χ1) is 18.2. The van der Waals surface area contributed by atoms with Crippen molar-refractivity contribution in [3.05, 3.63) is 99.5 Å². The zero-order valence-corrected chi connectivity index (χ0v) is 24.6. The lowest BCUT2D eigenvalue weighted by molar-refractivity contribution is -0.143. The minimum atomic E-state index is -0.685. The SMILES string of the molecule is CCC(C)NC(=O)C(Cc1ccccc1)N(Cc1cccc(C)c1)C(=O)COc1ccc(C(C)C)cc1Br. The van der Waals surface area contributed by atoms with E-state index in [4.69, 9.17) is 4.74 Å². The van der Waals surface area contributed by atoms with Crippen molar-refractivity contribution in [2.75, 3.05) is 6.61 Å². The van der Waals surface area contributed by atoms with Crippen LogP contribution in [0, 0.1) is 6.92 Å². The average molecular weight is 580 g/mol. The van der Waals surface area contributed by atoms with Gasteiger partial charge >= 0.3 is 0 Å². The Balaban J connectivity index is 1.91. The maximum absolute atomic E-state index is 13.8. The highest BCUT2D eigenvalue weighted by Crippen LogP contribution is 2.29. The molecule has 0 bridgehead atoms. The maximum Gasteiger partial charge on any atom is 0.261 e. The van der Waals surface area contributed by atoms with Crippen molar-refractivity contribution in [2.24, 2.45) is 0 Å². The fourth-order valence-electron chi connectivity index (χ4n) is 4.22. The zero-order valence-electron chi connectivity index (χ0n) is 23.0. The van der Waals surface area contributed by atoms with E-state index in [-0.39, 0.29) is 24.5 Å². The summed E-state index contributed by atoms with van der Waals surface area (Å²) in [6.45, 7) is 10.4. The van der Waals surface area contributed by atoms with Crippen LogP contribution in [0.25, 0.3) is 0 Å². The third-order valence-electron chi connectivity index (χ3n) is 6.68. The third kappa shape index (κ3) is 8.45. The van der Waals surface area contributed by atoms with Crippen molar-refractivity contribution in [1.29, 1.82) is 0 Å². The second-order valence-corrected chi connectivity index (χ2v) is 11.0. The van der Waals surface area contributed by atoms with Crippen LogP contribution in [-0.4, -0.2) is 35.4 Å². The van der Waals surface area contributed by atoms with Gasteiger partial charge < -0.3 is 15.0 Å². The molecule has 0 saturated heterocycles. The van der Waals surface area contributed by atoms with Gasteiger partial charge in [0.25, 0.3) is 5.91 Å². The maximum atomic E-state index is 13.8. The largest absolute Gasteiger partial charge is 0.483 e. The van der Waals surface area contributed by atoms with Gasteiger partial charge in [0.1, 0.15) is 11.8 Å². The first kappa shape index (κ1) is 29.4. The Morgan fingerprint density at radius 3 is 2.29 bits per heavy atom. The molecule has 2 unspecified atom stereocenters. The van der Waals surface area contributed by atoms with E-state index in [2.05, 4.69) is 41.2 Å². The number of aryl methyl sites for hydroxylation is 1. The highest BCUT2D eigenvalue weighted by atomic mass is 79.9. The third-order valence-corrected chi connectivity index (χ3v) is 7.30. The minimum absolute atomic E-state index is 0.00312. The van der Waals surface area contributed by atoms with E-state index in [1.807, 2.05) is 87.5 Å². The Kier molecular flexibility index (Phi) is 11.0. The number of nitrogens with zero attached hydrogens (tertiary/aromatic N) is 1. The van der Waals surface area contributed by atoms with Crippen molar-refractivity contribution in [3.63, 3.8) is 0 Å². The van der Waals surface area contributed by atoms with Crippen LogP contribution in [-0.2, 0) is 22.6 Å². The van der Waals surface area contributed by atoms with Crippen molar-refractivity contribution in [3.8, 4) is 5.75 Å². The summed E-state index contributed by atoms with van der Waals surface area (Å²) >= 11 is 3.58. The second-order valence-electron chi connectivity index (χ2n) is 10.2. The van der Waals surface area contributed by atoms with E-state index in [1.54, 1.807) is 4.90 Å². The standard InChI is InChI=1S/C32H39BrN2O3/c1-6-24(5)34-32(37)29(18-25-12-8-7-9-13-25)35(20-26-14-10-11-23(4)17-26)31(36)21-38-30-16-15-27(22(2)3)19-28(30)33/h7-17,19,22,24,29H,6,18,20-21H2,1-5H3,(H,34,37). The topological polar surface area (TPSA) is 58.6 Å². The van der Waals surface area contributed by atoms with Crippen LogP contribution >= 0.6 is 15.9 Å². The van der Waals surface area contributed by atoms with Crippen molar-refractivity contribution in [1.82, 2.24) is 10.2 Å². The van der Waals surface area contributed by atoms with Crippen molar-refractivity contribution < 1.29 is 14.3 Å². The Bertz CT molecular complexity index is 1210. The molecular formula is C32H39BrN2O3. The lowest BCUT2D eigenvalue weighted by atomic mass is 10.0. The van der Waals surface area contributed by atoms with Crippen molar-refractivity contribution >= 4 is 27.7 Å². The summed E-state index contributed by atoms with van der Waals surface area (Å²) in [7, 11) is 0. The average Bonchev–Trinajstić information content (AvgIpc) is 2.90. The quantitative estimate of drug-likeness (QED) is 0.256. The number of hydrogen-bond donors (Lipinski definition) is 1. The molecule has 1 N–H and O–H groups in total. The van der Waals surface area contributed by atoms with Gasteiger partial charge in [-0.05, 0) is 70.9 Å². The first-order valence-corrected chi connectivity index (χ1v) is 14.1. The molecule has 3 aromatic carbocycles. The van der Waals surface area contributed by atoms with E-state index < -0.39 is 6.04 Å². The van der Waals surface area contributed by atoms with Gasteiger partial charge in [-0.1, -0.05) is 87.0 Å². The van der Waals surface area contributed by atoms with E-state index >= 15 is 0 Å². The normalized spacial score (nSPS) is 12.6. The number of amides is 2. The van der Waals surface area contributed by atoms with Crippen LogP contribution in [0.4, 0.5) is 0 Å². The van der Waals surface area contributed by atoms with Crippen molar-refractivity contribution in [2.45, 2.75) is 72.0 Å². The molecule has 6 heteroatoms. The highest BCUT2D eigenvalue weighted by Gasteiger charge is 2.31. The van der Waals surface area contributed by atoms with E-state index in [0.717, 1.165) is 27.6 Å². The van der Waals surface area contributed by atoms with E-state index in [1.165, 1.54) is 5.56 Å². The van der Waals surface area contributed by atoms with Gasteiger partial charge in [0.2, 0.25) is 5.91 Å². The zero-order chi connectivity index (χ0) is 27.7. The molecule has 0 aromatic heterocycles. The monoisotopic (exact) mass is 578 g/mol. The molecule has 202 valence electrons. The summed E-state index contributed by atoms with van der Waals surface area (Å²) in [6.07, 6.45) is 1.21. The number of halogens is 1. The summed E-state index contributed by atoms with van der Waals surface area (Å²) in [4.78, 5) is 29.0. The smallest absolute Gasteiger partial charge is 0.261 e. The first-order valence-electron chi connectivity index (χ1n) is 13.3. The summed E-state index contributed by atoms with van der Waals surface area (Å²) < 4.78 is 6.79. The van der Waals surface area contributed by atoms with Gasteiger partial charge in [-0.25, -0.2) is 0 Å². The lowest BCUT2D eigenvalue weighted by Gasteiger charge is -2.32. The molecule has 3 aromatic rings. The summed E-state index contributed by atoms with van der Waals surface area (Å²) in [5.41, 5.74) is 4.24. The minimum Gasteiger partial charge on any atom is -0.483 e. The molecule has 2 amide bonds. The summed E-state index contributed by atoms with van der Waals surface area (Å²) in [6, 6.07) is 23.1. The Morgan fingerprint density at radius 1 is 0.947 bits per heavy atom. The predicted molar refractivity (Wildman–Crippen MR) is 157 cm³/mol. The second kappa shape index (κ2) is 14.1. The van der Waals surface area contributed by atoms with Crippen LogP contribution in [0.5, 0.6) is 5.75 Å². The van der Waals surface area contributed by atoms with Gasteiger partial charge in [0, 0.05) is 19.0 Å². The van der Waals surface area contributed by atoms with Crippen LogP contribution < -0.4 is 10.1 Å². The van der Waals surface area contributed by atoms with Crippen LogP contribution in [0.15, 0.2) is 77.3 Å². The van der Waals surface area contributed by atoms with Crippen LogP contribution in [0.1, 0.15) is 62.3 Å². The number of carbonyl (C=O) groups is 2. The number of carbonyl (C=O) groups excluding carboxylic acids is 2. The molecule has 38 heavy (non-hydrogen) atoms. The van der Waals surface area contributed by atoms with E-state index in [0.29, 0.717) is 24.6 Å². The summed E-state index contributed by atoms with van der Waals surface area (Å²) in [5.74, 6) is 0.578. The van der Waals surface area contributed by atoms with Crippen LogP contribution in [0.3, 0.4) is 0 Å². The lowest BCUT2D eigenvalue weighted by Crippen LogP contribution is -2.53. The number of ether oxygens (including phenoxy) is 1. The Morgan fingerprint density at radius 2 is 1.66 bits per heavy atom. The molecular weight excluding hydrogens is 540 g/mol. The van der Waals surface area contributed by atoms with Crippen LogP contribution in [0.2, 0.25) is 0 Å². The molecule has 0 spiro atoms. The Labute approximate surface area is 235 Å². The fraction of sp³-hybridized carbons (Fsp3) is 0.375. The molecule has 0 aliphatic carbocycles. The molecule has 0 saturated carbocycles. The van der Waals surface area contributed by atoms with Gasteiger partial charge in [0.05, 0.1) is 4.47 Å². The number of hydrogen-bond acceptors (Lipinski definition) is 3. The molecule has 5 nitrogen and oxygen atoms in total. The van der Waals surface area contributed by atoms with Gasteiger partial charge in [0.15, 0.2) is 6.61 Å². The number of rotatable bonds is 12. The molecule has 3 rings (SSSR count). The highest BCUT2D eigenvalue weighted by molar-refractivity contribution is 9.10. The predicted octanol–water partition coefficient (Wildman–Crippen LogP) is 6.81. The van der Waals surface area contributed by atoms with Gasteiger partial charge in [-0.15, -0.1) is 0 Å². The number of benzene rings is 3. The molecule has 0 aliphatic heterocycles. The Hall–Kier alpha value is -3.12. The molecule has 0 fully saturated rings. The molecule has 2 atom stereocenters. The molecule has 0 aliphatic rings. The van der Waals surface area contributed by atoms with Gasteiger partial charge in [-0.3, -0.25) is 9.59 Å². The molecule has 0 heterocycles. The number of nitrogens with one attached hydrogen (secondary N) is 1. The van der Waals surface area contributed by atoms with E-state index in [9.17, 15) is 9.59 Å². The van der Waals surface area contributed by atoms with Gasteiger partial charge in [-0.2, -0.15) is 0 Å².